The van der Waals surface area contributed by atoms with Crippen LogP contribution in [-0.4, -0.2) is 16.7 Å². The van der Waals surface area contributed by atoms with Crippen LogP contribution in [0.2, 0.25) is 0 Å². The third kappa shape index (κ3) is 3.13. The highest BCUT2D eigenvalue weighted by atomic mass is 19.1. The number of halogens is 1. The molecule has 0 saturated heterocycles. The lowest BCUT2D eigenvalue weighted by Crippen LogP contribution is -1.98. The molecule has 1 aromatic carbocycles. The monoisotopic (exact) mass is 249 g/mol. The first kappa shape index (κ1) is 12.7. The second-order valence-electron chi connectivity index (χ2n) is 4.09. The van der Waals surface area contributed by atoms with Gasteiger partial charge in [-0.05, 0) is 31.5 Å². The number of aromatic nitrogens is 2. The molecule has 2 N–H and O–H groups in total. The average molecular weight is 249 g/mol. The Morgan fingerprint density at radius 3 is 2.78 bits per heavy atom. The Balaban J connectivity index is 2.00. The van der Waals surface area contributed by atoms with Crippen molar-refractivity contribution in [2.75, 3.05) is 6.54 Å². The first-order chi connectivity index (χ1) is 8.81. The lowest BCUT2D eigenvalue weighted by molar-refractivity contribution is 0.374. The fourth-order valence-electron chi connectivity index (χ4n) is 1.71. The molecule has 0 amide bonds. The maximum atomic E-state index is 13.5. The van der Waals surface area contributed by atoms with Gasteiger partial charge in [-0.2, -0.15) is 4.98 Å². The normalized spacial score (nSPS) is 10.8. The van der Waals surface area contributed by atoms with Crippen LogP contribution in [0, 0.1) is 5.82 Å². The summed E-state index contributed by atoms with van der Waals surface area (Å²) < 4.78 is 18.6. The van der Waals surface area contributed by atoms with E-state index in [1.54, 1.807) is 18.2 Å². The lowest BCUT2D eigenvalue weighted by atomic mass is 10.2. The first-order valence-electron chi connectivity index (χ1n) is 6.09. The van der Waals surface area contributed by atoms with Crippen LogP contribution in [-0.2, 0) is 6.42 Å². The minimum atomic E-state index is -0.340. The smallest absolute Gasteiger partial charge is 0.226 e. The predicted octanol–water partition coefficient (Wildman–Crippen LogP) is 2.55. The zero-order valence-corrected chi connectivity index (χ0v) is 10.1. The second kappa shape index (κ2) is 6.26. The third-order valence-electron chi connectivity index (χ3n) is 2.68. The van der Waals surface area contributed by atoms with E-state index in [4.69, 9.17) is 10.3 Å². The van der Waals surface area contributed by atoms with E-state index < -0.39 is 0 Å². The van der Waals surface area contributed by atoms with Gasteiger partial charge >= 0.3 is 0 Å². The number of hydrogen-bond acceptors (Lipinski definition) is 4. The molecule has 4 nitrogen and oxygen atoms in total. The number of unbranched alkanes of at least 4 members (excludes halogenated alkanes) is 2. The van der Waals surface area contributed by atoms with Gasteiger partial charge in [-0.15, -0.1) is 0 Å². The molecule has 0 unspecified atom stereocenters. The third-order valence-corrected chi connectivity index (χ3v) is 2.68. The van der Waals surface area contributed by atoms with Crippen molar-refractivity contribution in [3.8, 4) is 11.4 Å². The quantitative estimate of drug-likeness (QED) is 0.799. The summed E-state index contributed by atoms with van der Waals surface area (Å²) in [5, 5.41) is 3.80. The molecule has 96 valence electrons. The zero-order chi connectivity index (χ0) is 12.8. The molecule has 18 heavy (non-hydrogen) atoms. The summed E-state index contributed by atoms with van der Waals surface area (Å²) in [5.41, 5.74) is 5.78. The van der Waals surface area contributed by atoms with E-state index in [9.17, 15) is 4.39 Å². The number of benzene rings is 1. The molecule has 1 aromatic heterocycles. The van der Waals surface area contributed by atoms with E-state index in [0.29, 0.717) is 30.2 Å². The van der Waals surface area contributed by atoms with Gasteiger partial charge in [0.25, 0.3) is 0 Å². The standard InChI is InChI=1S/C13H16FN3O/c14-11-7-4-3-6-10(11)13-16-12(18-17-13)8-2-1-5-9-15/h3-4,6-7H,1-2,5,8-9,15H2. The van der Waals surface area contributed by atoms with Crippen LogP contribution >= 0.6 is 0 Å². The van der Waals surface area contributed by atoms with Gasteiger partial charge in [0, 0.05) is 6.42 Å². The van der Waals surface area contributed by atoms with E-state index in [2.05, 4.69) is 10.1 Å². The molecule has 5 heteroatoms. The second-order valence-corrected chi connectivity index (χ2v) is 4.09. The van der Waals surface area contributed by atoms with Crippen LogP contribution in [0.1, 0.15) is 25.2 Å². The summed E-state index contributed by atoms with van der Waals surface area (Å²) in [4.78, 5) is 4.19. The van der Waals surface area contributed by atoms with Crippen LogP contribution in [0.25, 0.3) is 11.4 Å². The topological polar surface area (TPSA) is 64.9 Å². The SMILES string of the molecule is NCCCCCc1nc(-c2ccccc2F)no1. The Bertz CT molecular complexity index is 498. The molecule has 0 spiro atoms. The van der Waals surface area contributed by atoms with Gasteiger partial charge in [-0.1, -0.05) is 23.7 Å². The van der Waals surface area contributed by atoms with Crippen LogP contribution in [0.5, 0.6) is 0 Å². The highest BCUT2D eigenvalue weighted by molar-refractivity contribution is 5.54. The summed E-state index contributed by atoms with van der Waals surface area (Å²) in [6.07, 6.45) is 3.69. The molecule has 1 heterocycles. The first-order valence-corrected chi connectivity index (χ1v) is 6.09. The van der Waals surface area contributed by atoms with Gasteiger partial charge in [-0.25, -0.2) is 4.39 Å². The van der Waals surface area contributed by atoms with E-state index in [-0.39, 0.29) is 5.82 Å². The fourth-order valence-corrected chi connectivity index (χ4v) is 1.71. The van der Waals surface area contributed by atoms with Crippen molar-refractivity contribution in [3.63, 3.8) is 0 Å². The van der Waals surface area contributed by atoms with Crippen molar-refractivity contribution in [1.29, 1.82) is 0 Å². The predicted molar refractivity (Wildman–Crippen MR) is 66.3 cm³/mol. The van der Waals surface area contributed by atoms with E-state index in [0.717, 1.165) is 19.3 Å². The van der Waals surface area contributed by atoms with Crippen molar-refractivity contribution in [3.05, 3.63) is 36.0 Å². The van der Waals surface area contributed by atoms with Gasteiger partial charge in [0.05, 0.1) is 5.56 Å². The Labute approximate surface area is 105 Å². The Kier molecular flexibility index (Phi) is 4.41. The van der Waals surface area contributed by atoms with Crippen molar-refractivity contribution in [2.45, 2.75) is 25.7 Å². The largest absolute Gasteiger partial charge is 0.339 e. The number of nitrogens with two attached hydrogens (primary N) is 1. The lowest BCUT2D eigenvalue weighted by Gasteiger charge is -1.95. The maximum Gasteiger partial charge on any atom is 0.226 e. The van der Waals surface area contributed by atoms with Gasteiger partial charge in [-0.3, -0.25) is 0 Å². The van der Waals surface area contributed by atoms with Gasteiger partial charge in [0.2, 0.25) is 11.7 Å². The van der Waals surface area contributed by atoms with Crippen LogP contribution < -0.4 is 5.73 Å². The Hall–Kier alpha value is -1.75. The molecule has 2 aromatic rings. The van der Waals surface area contributed by atoms with Crippen LogP contribution in [0.15, 0.2) is 28.8 Å². The highest BCUT2D eigenvalue weighted by Gasteiger charge is 2.11. The maximum absolute atomic E-state index is 13.5. The molecule has 2 rings (SSSR count). The van der Waals surface area contributed by atoms with Gasteiger partial charge in [0.15, 0.2) is 0 Å². The van der Waals surface area contributed by atoms with E-state index in [1.165, 1.54) is 6.07 Å². The molecule has 0 aliphatic rings. The zero-order valence-electron chi connectivity index (χ0n) is 10.1. The summed E-state index contributed by atoms with van der Waals surface area (Å²) in [7, 11) is 0. The number of nitrogens with zero attached hydrogens (tertiary/aromatic N) is 2. The minimum absolute atomic E-state index is 0.307. The van der Waals surface area contributed by atoms with Crippen molar-refractivity contribution < 1.29 is 8.91 Å². The van der Waals surface area contributed by atoms with Gasteiger partial charge in [0.1, 0.15) is 5.82 Å². The average Bonchev–Trinajstić information content (AvgIpc) is 2.84. The highest BCUT2D eigenvalue weighted by Crippen LogP contribution is 2.19. The molecule has 0 aliphatic heterocycles. The summed E-state index contributed by atoms with van der Waals surface area (Å²) in [5.74, 6) is 0.514. The Morgan fingerprint density at radius 1 is 1.17 bits per heavy atom. The van der Waals surface area contributed by atoms with E-state index >= 15 is 0 Å². The molecule has 0 aliphatic carbocycles. The van der Waals surface area contributed by atoms with Crippen molar-refractivity contribution >= 4 is 0 Å². The number of aryl methyl sites for hydroxylation is 1. The van der Waals surface area contributed by atoms with E-state index in [1.807, 2.05) is 0 Å². The molecule has 0 saturated carbocycles. The molecule has 0 atom stereocenters. The number of rotatable bonds is 6. The van der Waals surface area contributed by atoms with Crippen molar-refractivity contribution in [1.82, 2.24) is 10.1 Å². The van der Waals surface area contributed by atoms with Crippen LogP contribution in [0.4, 0.5) is 4.39 Å². The van der Waals surface area contributed by atoms with Crippen LogP contribution in [0.3, 0.4) is 0 Å². The van der Waals surface area contributed by atoms with Crippen molar-refractivity contribution in [2.24, 2.45) is 5.73 Å². The molecular formula is C13H16FN3O. The van der Waals surface area contributed by atoms with Gasteiger partial charge < -0.3 is 10.3 Å². The summed E-state index contributed by atoms with van der Waals surface area (Å²) >= 11 is 0. The Morgan fingerprint density at radius 2 is 2.00 bits per heavy atom. The molecular weight excluding hydrogens is 233 g/mol. The summed E-state index contributed by atoms with van der Waals surface area (Å²) in [6, 6.07) is 6.40. The summed E-state index contributed by atoms with van der Waals surface area (Å²) in [6.45, 7) is 0.699. The molecule has 0 radical (unpaired) electrons. The molecule has 0 bridgehead atoms. The minimum Gasteiger partial charge on any atom is -0.339 e. The fraction of sp³-hybridized carbons (Fsp3) is 0.385. The number of hydrogen-bond donors (Lipinski definition) is 1. The molecule has 0 fully saturated rings.